The Labute approximate surface area is 186 Å². The number of nitrogens with zero attached hydrogens (tertiary/aromatic N) is 4. The van der Waals surface area contributed by atoms with Gasteiger partial charge in [-0.05, 0) is 43.0 Å². The van der Waals surface area contributed by atoms with Gasteiger partial charge in [0.1, 0.15) is 16.9 Å². The second kappa shape index (κ2) is 8.42. The molecule has 4 aromatic rings. The number of hydrogen-bond donors (Lipinski definition) is 2. The molecule has 1 saturated carbocycles. The van der Waals surface area contributed by atoms with E-state index in [9.17, 15) is 4.79 Å². The molecule has 0 bridgehead atoms. The molecule has 7 heteroatoms. The summed E-state index contributed by atoms with van der Waals surface area (Å²) in [6, 6.07) is 15.7. The molecular formula is C25H26N6O. The molecule has 0 unspecified atom stereocenters. The molecule has 0 aliphatic heterocycles. The predicted octanol–water partition coefficient (Wildman–Crippen LogP) is 4.42. The number of aromatic nitrogens is 3. The molecule has 162 valence electrons. The normalized spacial score (nSPS) is 15.0. The zero-order chi connectivity index (χ0) is 22.1. The van der Waals surface area contributed by atoms with Crippen LogP contribution in [0.2, 0.25) is 0 Å². The molecule has 0 atom stereocenters. The SMILES string of the molecule is Cc1ccccc1C=Nn1c(N)c(C(=O)NC2CCCCC2)c2nc3ccccc3nc21. The molecule has 1 fully saturated rings. The number of benzene rings is 2. The maximum atomic E-state index is 13.3. The minimum Gasteiger partial charge on any atom is -0.383 e. The summed E-state index contributed by atoms with van der Waals surface area (Å²) in [6.07, 6.45) is 7.21. The molecule has 2 heterocycles. The molecule has 0 radical (unpaired) electrons. The lowest BCUT2D eigenvalue weighted by Gasteiger charge is -2.22. The molecular weight excluding hydrogens is 400 g/mol. The number of amides is 1. The van der Waals surface area contributed by atoms with Crippen LogP contribution < -0.4 is 11.1 Å². The molecule has 2 aromatic heterocycles. The van der Waals surface area contributed by atoms with Gasteiger partial charge in [0.25, 0.3) is 5.91 Å². The van der Waals surface area contributed by atoms with Crippen molar-refractivity contribution in [2.24, 2.45) is 5.10 Å². The third-order valence-electron chi connectivity index (χ3n) is 6.14. The van der Waals surface area contributed by atoms with Crippen LogP contribution in [0.5, 0.6) is 0 Å². The summed E-state index contributed by atoms with van der Waals surface area (Å²) in [7, 11) is 0. The van der Waals surface area contributed by atoms with E-state index < -0.39 is 0 Å². The lowest BCUT2D eigenvalue weighted by atomic mass is 9.95. The van der Waals surface area contributed by atoms with Gasteiger partial charge >= 0.3 is 0 Å². The maximum Gasteiger partial charge on any atom is 0.257 e. The average molecular weight is 427 g/mol. The number of nitrogens with one attached hydrogen (secondary N) is 1. The van der Waals surface area contributed by atoms with Crippen LogP contribution in [0.4, 0.5) is 5.82 Å². The quantitative estimate of drug-likeness (QED) is 0.472. The largest absolute Gasteiger partial charge is 0.383 e. The Balaban J connectivity index is 1.64. The molecule has 5 rings (SSSR count). The number of anilines is 1. The fraction of sp³-hybridized carbons (Fsp3) is 0.280. The molecule has 1 aliphatic carbocycles. The molecule has 0 saturated heterocycles. The van der Waals surface area contributed by atoms with Gasteiger partial charge in [-0.25, -0.2) is 9.97 Å². The molecule has 2 aromatic carbocycles. The predicted molar refractivity (Wildman–Crippen MR) is 128 cm³/mol. The van der Waals surface area contributed by atoms with Gasteiger partial charge in [-0.3, -0.25) is 4.79 Å². The minimum absolute atomic E-state index is 0.165. The number of nitrogen functional groups attached to an aromatic ring is 1. The standard InChI is InChI=1S/C25H26N6O/c1-16-9-5-6-10-17(16)15-27-31-23(26)21(25(32)28-18-11-3-2-4-12-18)22-24(31)30-20-14-8-7-13-19(20)29-22/h5-10,13-15,18H,2-4,11-12,26H2,1H3,(H,28,32). The lowest BCUT2D eigenvalue weighted by Crippen LogP contribution is -2.36. The number of hydrogen-bond acceptors (Lipinski definition) is 5. The number of nitrogens with two attached hydrogens (primary N) is 1. The highest BCUT2D eigenvalue weighted by Crippen LogP contribution is 2.28. The third kappa shape index (κ3) is 3.70. The number of carbonyl (C=O) groups excluding carboxylic acids is 1. The Morgan fingerprint density at radius 3 is 2.50 bits per heavy atom. The van der Waals surface area contributed by atoms with Crippen LogP contribution in [-0.4, -0.2) is 32.8 Å². The maximum absolute atomic E-state index is 13.3. The van der Waals surface area contributed by atoms with E-state index in [0.717, 1.165) is 42.3 Å². The summed E-state index contributed by atoms with van der Waals surface area (Å²) < 4.78 is 1.52. The number of para-hydroxylation sites is 2. The monoisotopic (exact) mass is 426 g/mol. The molecule has 7 nitrogen and oxygen atoms in total. The minimum atomic E-state index is -0.214. The van der Waals surface area contributed by atoms with E-state index >= 15 is 0 Å². The zero-order valence-electron chi connectivity index (χ0n) is 18.1. The van der Waals surface area contributed by atoms with Crippen LogP contribution in [0, 0.1) is 6.92 Å². The van der Waals surface area contributed by atoms with Gasteiger partial charge in [-0.2, -0.15) is 9.78 Å². The Morgan fingerprint density at radius 2 is 1.75 bits per heavy atom. The number of carbonyl (C=O) groups is 1. The molecule has 0 spiro atoms. The molecule has 32 heavy (non-hydrogen) atoms. The highest BCUT2D eigenvalue weighted by molar-refractivity contribution is 6.10. The van der Waals surface area contributed by atoms with E-state index in [4.69, 9.17) is 15.7 Å². The van der Waals surface area contributed by atoms with Crippen molar-refractivity contribution >= 4 is 40.1 Å². The van der Waals surface area contributed by atoms with Crippen molar-refractivity contribution in [2.75, 3.05) is 5.73 Å². The third-order valence-corrected chi connectivity index (χ3v) is 6.14. The van der Waals surface area contributed by atoms with Crippen molar-refractivity contribution in [1.82, 2.24) is 20.0 Å². The second-order valence-corrected chi connectivity index (χ2v) is 8.37. The van der Waals surface area contributed by atoms with Crippen LogP contribution in [0.3, 0.4) is 0 Å². The first-order chi connectivity index (χ1) is 15.6. The van der Waals surface area contributed by atoms with Gasteiger partial charge in [-0.1, -0.05) is 55.7 Å². The first-order valence-corrected chi connectivity index (χ1v) is 11.1. The lowest BCUT2D eigenvalue weighted by molar-refractivity contribution is 0.0930. The van der Waals surface area contributed by atoms with Gasteiger partial charge in [0, 0.05) is 6.04 Å². The van der Waals surface area contributed by atoms with Crippen LogP contribution in [0.1, 0.15) is 53.6 Å². The van der Waals surface area contributed by atoms with Gasteiger partial charge in [-0.15, -0.1) is 0 Å². The highest BCUT2D eigenvalue weighted by atomic mass is 16.1. The van der Waals surface area contributed by atoms with Gasteiger partial charge in [0.05, 0.1) is 17.2 Å². The Bertz CT molecular complexity index is 1330. The van der Waals surface area contributed by atoms with Crippen molar-refractivity contribution in [2.45, 2.75) is 45.1 Å². The van der Waals surface area contributed by atoms with E-state index in [1.54, 1.807) is 6.21 Å². The van der Waals surface area contributed by atoms with Crippen molar-refractivity contribution in [3.8, 4) is 0 Å². The van der Waals surface area contributed by atoms with Crippen LogP contribution >= 0.6 is 0 Å². The van der Waals surface area contributed by atoms with Crippen molar-refractivity contribution in [3.63, 3.8) is 0 Å². The number of fused-ring (bicyclic) bond motifs is 2. The van der Waals surface area contributed by atoms with E-state index in [-0.39, 0.29) is 17.8 Å². The van der Waals surface area contributed by atoms with Crippen LogP contribution in [-0.2, 0) is 0 Å². The van der Waals surface area contributed by atoms with Gasteiger partial charge < -0.3 is 11.1 Å². The van der Waals surface area contributed by atoms with Crippen LogP contribution in [0.25, 0.3) is 22.2 Å². The Morgan fingerprint density at radius 1 is 1.06 bits per heavy atom. The van der Waals surface area contributed by atoms with E-state index in [2.05, 4.69) is 10.4 Å². The van der Waals surface area contributed by atoms with Crippen molar-refractivity contribution in [3.05, 3.63) is 65.2 Å². The molecule has 1 aliphatic rings. The first kappa shape index (κ1) is 20.2. The summed E-state index contributed by atoms with van der Waals surface area (Å²) in [5, 5.41) is 7.77. The van der Waals surface area contributed by atoms with E-state index in [1.165, 1.54) is 11.1 Å². The number of rotatable bonds is 4. The Hall–Kier alpha value is -3.74. The fourth-order valence-corrected chi connectivity index (χ4v) is 4.34. The first-order valence-electron chi connectivity index (χ1n) is 11.1. The smallest absolute Gasteiger partial charge is 0.257 e. The summed E-state index contributed by atoms with van der Waals surface area (Å²) >= 11 is 0. The van der Waals surface area contributed by atoms with Gasteiger partial charge in [0.15, 0.2) is 5.65 Å². The summed E-state index contributed by atoms with van der Waals surface area (Å²) in [4.78, 5) is 22.8. The van der Waals surface area contributed by atoms with Crippen molar-refractivity contribution < 1.29 is 4.79 Å². The second-order valence-electron chi connectivity index (χ2n) is 8.37. The summed E-state index contributed by atoms with van der Waals surface area (Å²) in [6.45, 7) is 2.02. The highest BCUT2D eigenvalue weighted by Gasteiger charge is 2.26. The van der Waals surface area contributed by atoms with E-state index in [1.807, 2.05) is 55.5 Å². The zero-order valence-corrected chi connectivity index (χ0v) is 18.1. The molecule has 3 N–H and O–H groups in total. The van der Waals surface area contributed by atoms with Crippen molar-refractivity contribution in [1.29, 1.82) is 0 Å². The van der Waals surface area contributed by atoms with E-state index in [0.29, 0.717) is 22.2 Å². The fourth-order valence-electron chi connectivity index (χ4n) is 4.34. The summed E-state index contributed by atoms with van der Waals surface area (Å²) in [5.41, 5.74) is 11.3. The topological polar surface area (TPSA) is 98.2 Å². The number of aryl methyl sites for hydroxylation is 1. The molecule has 1 amide bonds. The van der Waals surface area contributed by atoms with Gasteiger partial charge in [0.2, 0.25) is 0 Å². The summed E-state index contributed by atoms with van der Waals surface area (Å²) in [5.74, 6) is 0.0299. The van der Waals surface area contributed by atoms with Crippen LogP contribution in [0.15, 0.2) is 53.6 Å². The average Bonchev–Trinajstić information content (AvgIpc) is 3.08. The Kier molecular flexibility index (Phi) is 5.31.